The summed E-state index contributed by atoms with van der Waals surface area (Å²) in [4.78, 5) is 27.7. The third-order valence-corrected chi connectivity index (χ3v) is 6.71. The van der Waals surface area contributed by atoms with Crippen LogP contribution in [0.3, 0.4) is 0 Å². The summed E-state index contributed by atoms with van der Waals surface area (Å²) < 4.78 is 80.5. The third kappa shape index (κ3) is 7.11. The van der Waals surface area contributed by atoms with Gasteiger partial charge in [-0.05, 0) is 48.5 Å². The summed E-state index contributed by atoms with van der Waals surface area (Å²) in [6.45, 7) is 0.618. The molecular weight excluding hydrogens is 564 g/mol. The second-order valence-corrected chi connectivity index (χ2v) is 10.2. The van der Waals surface area contributed by atoms with E-state index in [0.29, 0.717) is 24.3 Å². The molecular formula is C28H27F6N7O. The Kier molecular flexibility index (Phi) is 7.99. The smallest absolute Gasteiger partial charge is 0.369 e. The molecule has 0 unspecified atom stereocenters. The number of H-pyrrole nitrogens is 1. The largest absolute Gasteiger partial charge is 0.401 e. The molecule has 1 amide bonds. The standard InChI is InChI=1S/C28H27F6N7O/c1-27(30,31)15-41-17-36-23(18-2-4-19(29)5-3-18)24(41)25-35-14-22(38-25)26(42)37-20-6-8-21(9-7-20)40-12-10-39(11-13-40)16-28(32,33)34/h2-9,14,17H,10-13,15-16H2,1H3,(H,35,38)(H,37,42). The first-order chi connectivity index (χ1) is 19.8. The molecule has 14 heteroatoms. The minimum atomic E-state index is -4.23. The number of rotatable bonds is 8. The fourth-order valence-corrected chi connectivity index (χ4v) is 4.80. The molecule has 3 heterocycles. The highest BCUT2D eigenvalue weighted by molar-refractivity contribution is 6.03. The summed E-state index contributed by atoms with van der Waals surface area (Å²) in [5.74, 6) is -3.93. The van der Waals surface area contributed by atoms with Gasteiger partial charge >= 0.3 is 6.18 Å². The van der Waals surface area contributed by atoms with Gasteiger partial charge in [0.15, 0.2) is 5.82 Å². The lowest BCUT2D eigenvalue weighted by atomic mass is 10.1. The number of imidazole rings is 2. The van der Waals surface area contributed by atoms with Crippen LogP contribution in [0.4, 0.5) is 37.7 Å². The summed E-state index contributed by atoms with van der Waals surface area (Å²) in [7, 11) is 0. The van der Waals surface area contributed by atoms with Crippen LogP contribution in [-0.2, 0) is 6.54 Å². The highest BCUT2D eigenvalue weighted by Gasteiger charge is 2.32. The van der Waals surface area contributed by atoms with Crippen LogP contribution in [0.5, 0.6) is 0 Å². The minimum Gasteiger partial charge on any atom is -0.369 e. The van der Waals surface area contributed by atoms with E-state index >= 15 is 0 Å². The number of amides is 1. The first-order valence-electron chi connectivity index (χ1n) is 13.0. The van der Waals surface area contributed by atoms with Gasteiger partial charge in [-0.3, -0.25) is 9.69 Å². The predicted molar refractivity (Wildman–Crippen MR) is 145 cm³/mol. The summed E-state index contributed by atoms with van der Waals surface area (Å²) in [5.41, 5.74) is 2.33. The molecule has 0 atom stereocenters. The Bertz CT molecular complexity index is 1520. The number of hydrogen-bond donors (Lipinski definition) is 2. The molecule has 42 heavy (non-hydrogen) atoms. The number of aromatic nitrogens is 4. The van der Waals surface area contributed by atoms with Crippen LogP contribution in [0, 0.1) is 5.82 Å². The van der Waals surface area contributed by atoms with Crippen LogP contribution in [0.25, 0.3) is 22.8 Å². The second kappa shape index (κ2) is 11.5. The van der Waals surface area contributed by atoms with Crippen molar-refractivity contribution in [3.63, 3.8) is 0 Å². The number of halogens is 6. The van der Waals surface area contributed by atoms with E-state index in [1.807, 2.05) is 4.90 Å². The Hall–Kier alpha value is -4.33. The molecule has 4 aromatic rings. The Morgan fingerprint density at radius 2 is 1.60 bits per heavy atom. The number of benzene rings is 2. The highest BCUT2D eigenvalue weighted by Crippen LogP contribution is 2.32. The van der Waals surface area contributed by atoms with Gasteiger partial charge in [0, 0.05) is 50.0 Å². The zero-order valence-corrected chi connectivity index (χ0v) is 22.4. The molecule has 222 valence electrons. The Morgan fingerprint density at radius 3 is 2.21 bits per heavy atom. The molecule has 1 fully saturated rings. The van der Waals surface area contributed by atoms with Crippen molar-refractivity contribution in [3.05, 3.63) is 72.6 Å². The van der Waals surface area contributed by atoms with Crippen LogP contribution in [-0.4, -0.2) is 75.1 Å². The molecule has 8 nitrogen and oxygen atoms in total. The van der Waals surface area contributed by atoms with E-state index in [2.05, 4.69) is 20.3 Å². The van der Waals surface area contributed by atoms with E-state index in [1.54, 1.807) is 24.3 Å². The minimum absolute atomic E-state index is 0.0657. The maximum absolute atomic E-state index is 13.9. The quantitative estimate of drug-likeness (QED) is 0.258. The molecule has 1 saturated heterocycles. The lowest BCUT2D eigenvalue weighted by Gasteiger charge is -2.36. The van der Waals surface area contributed by atoms with E-state index in [9.17, 15) is 31.1 Å². The van der Waals surface area contributed by atoms with Crippen molar-refractivity contribution in [1.29, 1.82) is 0 Å². The van der Waals surface area contributed by atoms with Gasteiger partial charge in [-0.1, -0.05) is 0 Å². The number of carbonyl (C=O) groups excluding carboxylic acids is 1. The first kappa shape index (κ1) is 29.2. The van der Waals surface area contributed by atoms with Crippen LogP contribution in [0.1, 0.15) is 17.4 Å². The lowest BCUT2D eigenvalue weighted by molar-refractivity contribution is -0.146. The Morgan fingerprint density at radius 1 is 0.929 bits per heavy atom. The average Bonchev–Trinajstić information content (AvgIpc) is 3.56. The van der Waals surface area contributed by atoms with Crippen molar-refractivity contribution < 1.29 is 31.1 Å². The van der Waals surface area contributed by atoms with E-state index in [4.69, 9.17) is 0 Å². The summed E-state index contributed by atoms with van der Waals surface area (Å²) in [6.07, 6.45) is -1.71. The molecule has 2 aromatic heterocycles. The van der Waals surface area contributed by atoms with Crippen LogP contribution in [0.15, 0.2) is 61.1 Å². The van der Waals surface area contributed by atoms with Crippen molar-refractivity contribution in [3.8, 4) is 22.8 Å². The number of piperazine rings is 1. The number of nitrogens with zero attached hydrogens (tertiary/aromatic N) is 5. The zero-order valence-electron chi connectivity index (χ0n) is 22.4. The monoisotopic (exact) mass is 591 g/mol. The molecule has 1 aliphatic rings. The van der Waals surface area contributed by atoms with Gasteiger partial charge in [-0.2, -0.15) is 13.2 Å². The summed E-state index contributed by atoms with van der Waals surface area (Å²) in [6, 6.07) is 12.3. The van der Waals surface area contributed by atoms with E-state index in [-0.39, 0.29) is 36.0 Å². The van der Waals surface area contributed by atoms with Crippen molar-refractivity contribution in [2.75, 3.05) is 42.9 Å². The van der Waals surface area contributed by atoms with Crippen molar-refractivity contribution in [2.45, 2.75) is 25.6 Å². The Labute approximate surface area is 237 Å². The van der Waals surface area contributed by atoms with Crippen molar-refractivity contribution in [2.24, 2.45) is 0 Å². The Balaban J connectivity index is 1.29. The number of anilines is 2. The average molecular weight is 592 g/mol. The van der Waals surface area contributed by atoms with Crippen LogP contribution >= 0.6 is 0 Å². The summed E-state index contributed by atoms with van der Waals surface area (Å²) >= 11 is 0. The molecule has 2 aromatic carbocycles. The van der Waals surface area contributed by atoms with Gasteiger partial charge in [0.1, 0.15) is 17.2 Å². The molecule has 1 aliphatic heterocycles. The number of hydrogen-bond acceptors (Lipinski definition) is 5. The van der Waals surface area contributed by atoms with Gasteiger partial charge in [-0.25, -0.2) is 23.1 Å². The van der Waals surface area contributed by atoms with Gasteiger partial charge < -0.3 is 19.8 Å². The van der Waals surface area contributed by atoms with Crippen LogP contribution in [0.2, 0.25) is 0 Å². The maximum Gasteiger partial charge on any atom is 0.401 e. The van der Waals surface area contributed by atoms with Crippen molar-refractivity contribution in [1.82, 2.24) is 24.4 Å². The van der Waals surface area contributed by atoms with Gasteiger partial charge in [-0.15, -0.1) is 0 Å². The van der Waals surface area contributed by atoms with E-state index in [0.717, 1.165) is 12.6 Å². The zero-order chi connectivity index (χ0) is 30.1. The van der Waals surface area contributed by atoms with E-state index in [1.165, 1.54) is 46.3 Å². The van der Waals surface area contributed by atoms with Gasteiger partial charge in [0.05, 0.1) is 31.3 Å². The van der Waals surface area contributed by atoms with E-state index < -0.39 is 36.9 Å². The predicted octanol–water partition coefficient (Wildman–Crippen LogP) is 5.67. The lowest BCUT2D eigenvalue weighted by Crippen LogP contribution is -2.49. The molecule has 0 radical (unpaired) electrons. The topological polar surface area (TPSA) is 82.1 Å². The SMILES string of the molecule is CC(F)(F)Cn1cnc(-c2ccc(F)cc2)c1-c1ncc(C(=O)Nc2ccc(N3CCN(CC(F)(F)F)CC3)cc2)[nH]1. The maximum atomic E-state index is 13.9. The third-order valence-electron chi connectivity index (χ3n) is 6.71. The number of nitrogens with one attached hydrogen (secondary N) is 2. The van der Waals surface area contributed by atoms with Crippen molar-refractivity contribution >= 4 is 17.3 Å². The summed E-state index contributed by atoms with van der Waals surface area (Å²) in [5, 5.41) is 2.74. The molecule has 0 saturated carbocycles. The number of aromatic amines is 1. The number of carbonyl (C=O) groups is 1. The number of alkyl halides is 5. The fourth-order valence-electron chi connectivity index (χ4n) is 4.80. The molecule has 0 spiro atoms. The van der Waals surface area contributed by atoms with Gasteiger partial charge in [0.2, 0.25) is 0 Å². The molecule has 5 rings (SSSR count). The normalized spacial score (nSPS) is 14.8. The highest BCUT2D eigenvalue weighted by atomic mass is 19.4. The fraction of sp³-hybridized carbons (Fsp3) is 0.321. The second-order valence-electron chi connectivity index (χ2n) is 10.2. The molecule has 0 aliphatic carbocycles. The molecule has 2 N–H and O–H groups in total. The van der Waals surface area contributed by atoms with Gasteiger partial charge in [0.25, 0.3) is 11.8 Å². The van der Waals surface area contributed by atoms with Crippen LogP contribution < -0.4 is 10.2 Å². The first-order valence-corrected chi connectivity index (χ1v) is 13.0. The molecule has 0 bridgehead atoms.